The highest BCUT2D eigenvalue weighted by atomic mass is 16.6. The molecule has 2 rings (SSSR count). The van der Waals surface area contributed by atoms with Gasteiger partial charge in [0.25, 0.3) is 0 Å². The van der Waals surface area contributed by atoms with Gasteiger partial charge in [0.05, 0.1) is 18.2 Å². The van der Waals surface area contributed by atoms with Gasteiger partial charge in [0, 0.05) is 6.54 Å². The number of aryl methyl sites for hydroxylation is 2. The van der Waals surface area contributed by atoms with Crippen molar-refractivity contribution < 1.29 is 28.6 Å². The second kappa shape index (κ2) is 9.92. The lowest BCUT2D eigenvalue weighted by Gasteiger charge is -2.40. The molecule has 1 atom stereocenters. The molecule has 1 aliphatic heterocycles. The van der Waals surface area contributed by atoms with Gasteiger partial charge in [-0.2, -0.15) is 0 Å². The molecule has 7 nitrogen and oxygen atoms in total. The molecule has 178 valence electrons. The standard InChI is InChI=1S/C25H37NO6/c1-14(2)30-22(27)20(23(28)31-15(3)4)21-19-13-17(6)16(5)12-18(19)10-11-26(21)24(29)32-25(7,8)9/h12-15,20-21H,10-11H2,1-9H3/t21-/m0/s1. The quantitative estimate of drug-likeness (QED) is 0.371. The van der Waals surface area contributed by atoms with Crippen LogP contribution >= 0.6 is 0 Å². The summed E-state index contributed by atoms with van der Waals surface area (Å²) in [6, 6.07) is 3.12. The van der Waals surface area contributed by atoms with E-state index < -0.39 is 47.8 Å². The zero-order chi connectivity index (χ0) is 24.4. The molecule has 0 bridgehead atoms. The van der Waals surface area contributed by atoms with Gasteiger partial charge in [-0.15, -0.1) is 0 Å². The first kappa shape index (κ1) is 25.7. The van der Waals surface area contributed by atoms with E-state index in [4.69, 9.17) is 14.2 Å². The molecule has 0 saturated heterocycles. The van der Waals surface area contributed by atoms with Crippen LogP contribution in [0.3, 0.4) is 0 Å². The predicted molar refractivity (Wildman–Crippen MR) is 121 cm³/mol. The van der Waals surface area contributed by atoms with Crippen LogP contribution in [-0.4, -0.2) is 47.3 Å². The number of ether oxygens (including phenoxy) is 3. The SMILES string of the molecule is Cc1cc2c(cc1C)[C@@H](C(C(=O)OC(C)C)C(=O)OC(C)C)N(C(=O)OC(C)(C)C)CC2. The number of hydrogen-bond acceptors (Lipinski definition) is 6. The number of esters is 2. The molecular weight excluding hydrogens is 410 g/mol. The number of carbonyl (C=O) groups excluding carboxylic acids is 3. The lowest BCUT2D eigenvalue weighted by atomic mass is 9.82. The average molecular weight is 448 g/mol. The molecule has 1 heterocycles. The van der Waals surface area contributed by atoms with Crippen molar-refractivity contribution in [3.8, 4) is 0 Å². The van der Waals surface area contributed by atoms with E-state index in [0.29, 0.717) is 13.0 Å². The zero-order valence-corrected chi connectivity index (χ0v) is 20.8. The van der Waals surface area contributed by atoms with Gasteiger partial charge in [-0.1, -0.05) is 12.1 Å². The first-order chi connectivity index (χ1) is 14.7. The van der Waals surface area contributed by atoms with E-state index in [1.54, 1.807) is 48.5 Å². The highest BCUT2D eigenvalue weighted by Gasteiger charge is 2.47. The maximum atomic E-state index is 13.2. The van der Waals surface area contributed by atoms with Crippen molar-refractivity contribution in [2.45, 2.75) is 92.6 Å². The van der Waals surface area contributed by atoms with Crippen LogP contribution in [0.1, 0.15) is 76.8 Å². The minimum Gasteiger partial charge on any atom is -0.462 e. The summed E-state index contributed by atoms with van der Waals surface area (Å²) in [6.45, 7) is 16.5. The normalized spacial score (nSPS) is 16.2. The van der Waals surface area contributed by atoms with Gasteiger partial charge in [0.1, 0.15) is 5.60 Å². The Morgan fingerprint density at radius 2 is 1.44 bits per heavy atom. The Morgan fingerprint density at radius 3 is 1.91 bits per heavy atom. The van der Waals surface area contributed by atoms with Crippen molar-refractivity contribution in [2.24, 2.45) is 5.92 Å². The molecule has 0 radical (unpaired) electrons. The second-order valence-electron chi connectivity index (χ2n) is 9.95. The van der Waals surface area contributed by atoms with Crippen molar-refractivity contribution in [1.29, 1.82) is 0 Å². The van der Waals surface area contributed by atoms with Crippen LogP contribution in [0.4, 0.5) is 4.79 Å². The number of fused-ring (bicyclic) bond motifs is 1. The minimum atomic E-state index is -1.33. The molecule has 1 amide bonds. The summed E-state index contributed by atoms with van der Waals surface area (Å²) in [5.74, 6) is -2.75. The zero-order valence-electron chi connectivity index (χ0n) is 20.8. The molecule has 0 spiro atoms. The van der Waals surface area contributed by atoms with Crippen LogP contribution in [0.5, 0.6) is 0 Å². The fourth-order valence-corrected chi connectivity index (χ4v) is 3.79. The number of nitrogens with zero attached hydrogens (tertiary/aromatic N) is 1. The Bertz CT molecular complexity index is 846. The van der Waals surface area contributed by atoms with Gasteiger partial charge in [-0.05, 0) is 91.0 Å². The van der Waals surface area contributed by atoms with Gasteiger partial charge in [0.2, 0.25) is 0 Å². The Kier molecular flexibility index (Phi) is 7.97. The summed E-state index contributed by atoms with van der Waals surface area (Å²) in [7, 11) is 0. The molecule has 0 aromatic heterocycles. The number of hydrogen-bond donors (Lipinski definition) is 0. The molecule has 0 saturated carbocycles. The van der Waals surface area contributed by atoms with Crippen molar-refractivity contribution in [3.05, 3.63) is 34.4 Å². The van der Waals surface area contributed by atoms with Crippen molar-refractivity contribution >= 4 is 18.0 Å². The van der Waals surface area contributed by atoms with E-state index >= 15 is 0 Å². The van der Waals surface area contributed by atoms with Gasteiger partial charge < -0.3 is 14.2 Å². The van der Waals surface area contributed by atoms with Crippen LogP contribution in [-0.2, 0) is 30.2 Å². The molecule has 32 heavy (non-hydrogen) atoms. The minimum absolute atomic E-state index is 0.315. The molecule has 1 aromatic carbocycles. The molecule has 0 fully saturated rings. The average Bonchev–Trinajstić information content (AvgIpc) is 2.60. The predicted octanol–water partition coefficient (Wildman–Crippen LogP) is 4.66. The van der Waals surface area contributed by atoms with E-state index in [-0.39, 0.29) is 0 Å². The lowest BCUT2D eigenvalue weighted by molar-refractivity contribution is -0.170. The molecule has 7 heteroatoms. The van der Waals surface area contributed by atoms with Crippen LogP contribution in [0, 0.1) is 19.8 Å². The molecule has 1 aliphatic rings. The Labute approximate surface area is 191 Å². The summed E-state index contributed by atoms with van der Waals surface area (Å²) >= 11 is 0. The molecular formula is C25H37NO6. The van der Waals surface area contributed by atoms with E-state index in [2.05, 4.69) is 6.07 Å². The van der Waals surface area contributed by atoms with Crippen molar-refractivity contribution in [3.63, 3.8) is 0 Å². The molecule has 1 aromatic rings. The second-order valence-corrected chi connectivity index (χ2v) is 9.95. The first-order valence-corrected chi connectivity index (χ1v) is 11.2. The van der Waals surface area contributed by atoms with Crippen LogP contribution in [0.15, 0.2) is 12.1 Å². The van der Waals surface area contributed by atoms with Gasteiger partial charge in [-0.3, -0.25) is 14.5 Å². The smallest absolute Gasteiger partial charge is 0.410 e. The highest BCUT2D eigenvalue weighted by molar-refractivity contribution is 5.96. The first-order valence-electron chi connectivity index (χ1n) is 11.2. The monoisotopic (exact) mass is 447 g/mol. The number of carbonyl (C=O) groups is 3. The highest BCUT2D eigenvalue weighted by Crippen LogP contribution is 2.39. The van der Waals surface area contributed by atoms with Crippen LogP contribution in [0.2, 0.25) is 0 Å². The summed E-state index contributed by atoms with van der Waals surface area (Å²) in [4.78, 5) is 41.0. The van der Waals surface area contributed by atoms with Gasteiger partial charge >= 0.3 is 18.0 Å². The summed E-state index contributed by atoms with van der Waals surface area (Å²) in [6.07, 6.45) is -0.826. The van der Waals surface area contributed by atoms with E-state index in [0.717, 1.165) is 22.3 Å². The van der Waals surface area contributed by atoms with Crippen molar-refractivity contribution in [1.82, 2.24) is 4.90 Å². The fraction of sp³-hybridized carbons (Fsp3) is 0.640. The third-order valence-electron chi connectivity index (χ3n) is 5.19. The third-order valence-corrected chi connectivity index (χ3v) is 5.19. The number of amides is 1. The molecule has 0 N–H and O–H groups in total. The summed E-state index contributed by atoms with van der Waals surface area (Å²) in [5, 5.41) is 0. The Balaban J connectivity index is 2.65. The lowest BCUT2D eigenvalue weighted by Crippen LogP contribution is -2.50. The van der Waals surface area contributed by atoms with Crippen LogP contribution < -0.4 is 0 Å². The third kappa shape index (κ3) is 6.24. The molecule has 0 unspecified atom stereocenters. The largest absolute Gasteiger partial charge is 0.462 e. The topological polar surface area (TPSA) is 82.1 Å². The maximum absolute atomic E-state index is 13.2. The number of benzene rings is 1. The summed E-state index contributed by atoms with van der Waals surface area (Å²) in [5.41, 5.74) is 3.14. The van der Waals surface area contributed by atoms with Gasteiger partial charge in [0.15, 0.2) is 5.92 Å². The van der Waals surface area contributed by atoms with E-state index in [9.17, 15) is 14.4 Å². The van der Waals surface area contributed by atoms with Crippen LogP contribution in [0.25, 0.3) is 0 Å². The Hall–Kier alpha value is -2.57. The fourth-order valence-electron chi connectivity index (χ4n) is 3.79. The van der Waals surface area contributed by atoms with Gasteiger partial charge in [-0.25, -0.2) is 4.79 Å². The Morgan fingerprint density at radius 1 is 0.938 bits per heavy atom. The van der Waals surface area contributed by atoms with E-state index in [1.807, 2.05) is 19.9 Å². The molecule has 0 aliphatic carbocycles. The van der Waals surface area contributed by atoms with Crippen molar-refractivity contribution in [2.75, 3.05) is 6.54 Å². The summed E-state index contributed by atoms with van der Waals surface area (Å²) < 4.78 is 16.5. The maximum Gasteiger partial charge on any atom is 0.410 e. The number of rotatable bonds is 5. The van der Waals surface area contributed by atoms with E-state index in [1.165, 1.54) is 4.90 Å².